The highest BCUT2D eigenvalue weighted by Crippen LogP contribution is 2.41. The van der Waals surface area contributed by atoms with Crippen molar-refractivity contribution in [1.29, 1.82) is 0 Å². The lowest BCUT2D eigenvalue weighted by Gasteiger charge is -2.36. The molecule has 218 valence electrons. The topological polar surface area (TPSA) is 52.7 Å². The fraction of sp³-hybridized carbons (Fsp3) is 0.562. The number of hydrogen-bond donors (Lipinski definition) is 1. The molecule has 1 N–H and O–H groups in total. The zero-order chi connectivity index (χ0) is 29.4. The second-order valence-electron chi connectivity index (χ2n) is 12.4. The number of nitrogens with zero attached hydrogens (tertiary/aromatic N) is 2. The highest BCUT2D eigenvalue weighted by Gasteiger charge is 2.44. The number of carbonyl (C=O) groups is 2. The molecule has 0 spiro atoms. The molecule has 0 saturated carbocycles. The number of amides is 2. The molecule has 0 aromatic heterocycles. The first kappa shape index (κ1) is 30.4. The quantitative estimate of drug-likeness (QED) is 0.417. The minimum absolute atomic E-state index is 0.0381. The van der Waals surface area contributed by atoms with Crippen LogP contribution < -0.4 is 5.32 Å². The van der Waals surface area contributed by atoms with E-state index in [1.54, 1.807) is 0 Å². The van der Waals surface area contributed by atoms with Crippen LogP contribution in [-0.2, 0) is 9.59 Å². The molecule has 1 unspecified atom stereocenters. The normalized spacial score (nSPS) is 21.5. The van der Waals surface area contributed by atoms with Gasteiger partial charge in [0, 0.05) is 55.6 Å². The van der Waals surface area contributed by atoms with Crippen LogP contribution in [0.5, 0.6) is 0 Å². The molecule has 2 aromatic rings. The molecule has 40 heavy (non-hydrogen) atoms. The van der Waals surface area contributed by atoms with Gasteiger partial charge in [0.15, 0.2) is 0 Å². The SMILES string of the molecule is CC[C@H](NC(C)=O)c1cc(Cl)c(C)cc1C1CCN(C(=O)C2CN(C(C)(C)C)C[C@H]2c2ccc(F)cc2F)CC1. The molecule has 2 aromatic carbocycles. The molecule has 4 rings (SSSR count). The highest BCUT2D eigenvalue weighted by atomic mass is 35.5. The van der Waals surface area contributed by atoms with E-state index in [1.165, 1.54) is 24.6 Å². The standard InChI is InChI=1S/C32H42ClF2N3O2/c1-7-30(36-20(3)39)25-16-28(33)19(2)14-24(25)21-10-12-37(13-11-21)31(40)27-18-38(32(4,5)6)17-26(27)23-9-8-22(34)15-29(23)35/h8-9,14-16,21,26-27,30H,7,10-13,17-18H2,1-6H3,(H,36,39)/t26-,27?,30-/m0/s1. The Balaban J connectivity index is 1.55. The average Bonchev–Trinajstić information content (AvgIpc) is 3.34. The van der Waals surface area contributed by atoms with E-state index in [-0.39, 0.29) is 35.2 Å². The summed E-state index contributed by atoms with van der Waals surface area (Å²) in [5.74, 6) is -1.74. The molecule has 2 heterocycles. The van der Waals surface area contributed by atoms with Crippen LogP contribution >= 0.6 is 11.6 Å². The van der Waals surface area contributed by atoms with Crippen molar-refractivity contribution < 1.29 is 18.4 Å². The van der Waals surface area contributed by atoms with Gasteiger partial charge in [-0.1, -0.05) is 30.7 Å². The third kappa shape index (κ3) is 6.52. The van der Waals surface area contributed by atoms with Gasteiger partial charge in [-0.05, 0) is 87.3 Å². The molecular weight excluding hydrogens is 532 g/mol. The lowest BCUT2D eigenvalue weighted by molar-refractivity contribution is -0.136. The fourth-order valence-electron chi connectivity index (χ4n) is 6.38. The average molecular weight is 574 g/mol. The van der Waals surface area contributed by atoms with E-state index in [9.17, 15) is 18.4 Å². The highest BCUT2D eigenvalue weighted by molar-refractivity contribution is 6.31. The molecule has 2 aliphatic rings. The summed E-state index contributed by atoms with van der Waals surface area (Å²) in [4.78, 5) is 30.0. The first-order valence-corrected chi connectivity index (χ1v) is 14.7. The molecule has 2 fully saturated rings. The van der Waals surface area contributed by atoms with Crippen LogP contribution in [0.15, 0.2) is 30.3 Å². The number of nitrogens with one attached hydrogen (secondary N) is 1. The summed E-state index contributed by atoms with van der Waals surface area (Å²) < 4.78 is 28.6. The number of rotatable bonds is 6. The Morgan fingerprint density at radius 1 is 1.07 bits per heavy atom. The number of benzene rings is 2. The summed E-state index contributed by atoms with van der Waals surface area (Å²) in [5.41, 5.74) is 3.45. The van der Waals surface area contributed by atoms with Crippen LogP contribution in [0, 0.1) is 24.5 Å². The van der Waals surface area contributed by atoms with Crippen molar-refractivity contribution in [1.82, 2.24) is 15.1 Å². The lowest BCUT2D eigenvalue weighted by Crippen LogP contribution is -2.44. The van der Waals surface area contributed by atoms with Crippen LogP contribution in [0.3, 0.4) is 0 Å². The maximum Gasteiger partial charge on any atom is 0.227 e. The van der Waals surface area contributed by atoms with E-state index in [2.05, 4.69) is 37.1 Å². The smallest absolute Gasteiger partial charge is 0.227 e. The third-order valence-electron chi connectivity index (χ3n) is 8.72. The van der Waals surface area contributed by atoms with E-state index >= 15 is 0 Å². The van der Waals surface area contributed by atoms with Crippen molar-refractivity contribution in [2.45, 2.75) is 84.2 Å². The van der Waals surface area contributed by atoms with E-state index in [1.807, 2.05) is 24.8 Å². The molecular formula is C32H42ClF2N3O2. The molecule has 2 amide bonds. The fourth-order valence-corrected chi connectivity index (χ4v) is 6.56. The molecule has 0 bridgehead atoms. The van der Waals surface area contributed by atoms with Gasteiger partial charge in [-0.15, -0.1) is 0 Å². The monoisotopic (exact) mass is 573 g/mol. The first-order valence-electron chi connectivity index (χ1n) is 14.4. The molecule has 0 aliphatic carbocycles. The van der Waals surface area contributed by atoms with Crippen molar-refractivity contribution in [3.05, 3.63) is 69.2 Å². The van der Waals surface area contributed by atoms with Crippen molar-refractivity contribution in [2.75, 3.05) is 26.2 Å². The van der Waals surface area contributed by atoms with Crippen LogP contribution in [-0.4, -0.2) is 53.3 Å². The van der Waals surface area contributed by atoms with Crippen molar-refractivity contribution in [3.8, 4) is 0 Å². The van der Waals surface area contributed by atoms with Gasteiger partial charge in [-0.2, -0.15) is 0 Å². The van der Waals surface area contributed by atoms with Gasteiger partial charge in [0.2, 0.25) is 11.8 Å². The Morgan fingerprint density at radius 3 is 2.33 bits per heavy atom. The van der Waals surface area contributed by atoms with Gasteiger partial charge in [-0.25, -0.2) is 8.78 Å². The second-order valence-corrected chi connectivity index (χ2v) is 12.9. The Hall–Kier alpha value is -2.51. The molecule has 5 nitrogen and oxygen atoms in total. The third-order valence-corrected chi connectivity index (χ3v) is 9.13. The van der Waals surface area contributed by atoms with Gasteiger partial charge in [0.25, 0.3) is 0 Å². The van der Waals surface area contributed by atoms with Gasteiger partial charge >= 0.3 is 0 Å². The van der Waals surface area contributed by atoms with Crippen LogP contribution in [0.1, 0.15) is 94.0 Å². The van der Waals surface area contributed by atoms with Crippen molar-refractivity contribution >= 4 is 23.4 Å². The zero-order valence-corrected chi connectivity index (χ0v) is 25.2. The van der Waals surface area contributed by atoms with Crippen molar-refractivity contribution in [2.24, 2.45) is 5.92 Å². The van der Waals surface area contributed by atoms with E-state index in [0.717, 1.165) is 36.5 Å². The minimum Gasteiger partial charge on any atom is -0.350 e. The number of aryl methyl sites for hydroxylation is 1. The van der Waals surface area contributed by atoms with E-state index < -0.39 is 17.6 Å². The summed E-state index contributed by atoms with van der Waals surface area (Å²) in [6, 6.07) is 7.68. The maximum atomic E-state index is 14.9. The first-order chi connectivity index (χ1) is 18.8. The summed E-state index contributed by atoms with van der Waals surface area (Å²) >= 11 is 6.51. The number of likely N-dealkylation sites (tertiary alicyclic amines) is 2. The van der Waals surface area contributed by atoms with Crippen LogP contribution in [0.25, 0.3) is 0 Å². The number of carbonyl (C=O) groups excluding carboxylic acids is 2. The van der Waals surface area contributed by atoms with Gasteiger partial charge in [0.1, 0.15) is 11.6 Å². The summed E-state index contributed by atoms with van der Waals surface area (Å²) in [7, 11) is 0. The summed E-state index contributed by atoms with van der Waals surface area (Å²) in [6.45, 7) is 14.1. The Morgan fingerprint density at radius 2 is 1.75 bits per heavy atom. The van der Waals surface area contributed by atoms with Crippen LogP contribution in [0.2, 0.25) is 5.02 Å². The van der Waals surface area contributed by atoms with Gasteiger partial charge < -0.3 is 10.2 Å². The van der Waals surface area contributed by atoms with E-state index in [0.29, 0.717) is 36.8 Å². The molecule has 3 atom stereocenters. The number of piperidine rings is 1. The van der Waals surface area contributed by atoms with Gasteiger partial charge in [0.05, 0.1) is 12.0 Å². The maximum absolute atomic E-state index is 14.9. The predicted octanol–water partition coefficient (Wildman–Crippen LogP) is 6.73. The van der Waals surface area contributed by atoms with Crippen LogP contribution in [0.4, 0.5) is 8.78 Å². The van der Waals surface area contributed by atoms with Crippen molar-refractivity contribution in [3.63, 3.8) is 0 Å². The number of halogens is 3. The second kappa shape index (κ2) is 12.2. The zero-order valence-electron chi connectivity index (χ0n) is 24.5. The Kier molecular flexibility index (Phi) is 9.25. The lowest BCUT2D eigenvalue weighted by atomic mass is 9.82. The Bertz CT molecular complexity index is 1250. The molecule has 2 saturated heterocycles. The predicted molar refractivity (Wildman–Crippen MR) is 156 cm³/mol. The summed E-state index contributed by atoms with van der Waals surface area (Å²) in [5, 5.41) is 3.74. The largest absolute Gasteiger partial charge is 0.350 e. The Labute approximate surface area is 242 Å². The number of hydrogen-bond acceptors (Lipinski definition) is 3. The summed E-state index contributed by atoms with van der Waals surface area (Å²) in [6.07, 6.45) is 2.33. The molecule has 2 aliphatic heterocycles. The minimum atomic E-state index is -0.613. The molecule has 8 heteroatoms. The van der Waals surface area contributed by atoms with E-state index in [4.69, 9.17) is 11.6 Å². The van der Waals surface area contributed by atoms with Gasteiger partial charge in [-0.3, -0.25) is 14.5 Å². The molecule has 0 radical (unpaired) electrons.